The number of imide groups is 1. The third-order valence-corrected chi connectivity index (χ3v) is 5.02. The van der Waals surface area contributed by atoms with Gasteiger partial charge in [0.2, 0.25) is 5.91 Å². The van der Waals surface area contributed by atoms with Gasteiger partial charge in [-0.2, -0.15) is 0 Å². The number of carbonyl (C=O) groups is 4. The minimum atomic E-state index is -1.11. The Morgan fingerprint density at radius 2 is 2.00 bits per heavy atom. The number of aliphatic hydroxyl groups excluding tert-OH is 1. The lowest BCUT2D eigenvalue weighted by molar-refractivity contribution is -0.135. The summed E-state index contributed by atoms with van der Waals surface area (Å²) >= 11 is 0. The van der Waals surface area contributed by atoms with Gasteiger partial charge in [0.15, 0.2) is 5.78 Å². The molecule has 0 saturated carbocycles. The number of ether oxygens (including phenoxy) is 1. The molecule has 156 valence electrons. The first-order valence-corrected chi connectivity index (χ1v) is 9.66. The maximum absolute atomic E-state index is 12.5. The van der Waals surface area contributed by atoms with Crippen LogP contribution in [0, 0.1) is 0 Å². The van der Waals surface area contributed by atoms with Gasteiger partial charge in [-0.25, -0.2) is 4.79 Å². The minimum absolute atomic E-state index is 0.0779. The first-order valence-electron chi connectivity index (χ1n) is 9.66. The van der Waals surface area contributed by atoms with Gasteiger partial charge in [0.25, 0.3) is 5.91 Å². The smallest absolute Gasteiger partial charge is 0.324 e. The largest absolute Gasteiger partial charge is 0.491 e. The van der Waals surface area contributed by atoms with Crippen molar-refractivity contribution in [2.45, 2.75) is 38.3 Å². The van der Waals surface area contributed by atoms with Crippen LogP contribution in [0.4, 0.5) is 4.79 Å². The minimum Gasteiger partial charge on any atom is -0.491 e. The van der Waals surface area contributed by atoms with E-state index in [1.54, 1.807) is 29.2 Å². The number of Topliss-reactive ketones (excluding diaryl/α,β-unsaturated/α-hetero) is 1. The van der Waals surface area contributed by atoms with Crippen molar-refractivity contribution in [2.75, 3.05) is 26.2 Å². The lowest BCUT2D eigenvalue weighted by atomic mass is 10.1. The molecule has 0 radical (unpaired) electrons. The van der Waals surface area contributed by atoms with Crippen molar-refractivity contribution < 1.29 is 29.0 Å². The molecule has 2 aliphatic rings. The normalized spacial score (nSPS) is 20.0. The quantitative estimate of drug-likeness (QED) is 0.484. The Bertz CT molecular complexity index is 805. The highest BCUT2D eigenvalue weighted by molar-refractivity contribution is 6.05. The van der Waals surface area contributed by atoms with Crippen molar-refractivity contribution in [1.29, 1.82) is 0 Å². The topological polar surface area (TPSA) is 116 Å². The maximum atomic E-state index is 12.5. The van der Waals surface area contributed by atoms with Crippen LogP contribution in [-0.2, 0) is 9.59 Å². The number of nitrogens with zero attached hydrogens (tertiary/aromatic N) is 2. The van der Waals surface area contributed by atoms with Crippen molar-refractivity contribution >= 4 is 23.6 Å². The molecule has 1 aromatic carbocycles. The second-order valence-electron chi connectivity index (χ2n) is 7.29. The van der Waals surface area contributed by atoms with Gasteiger partial charge < -0.3 is 20.1 Å². The van der Waals surface area contributed by atoms with Crippen LogP contribution >= 0.6 is 0 Å². The van der Waals surface area contributed by atoms with E-state index in [0.29, 0.717) is 24.4 Å². The van der Waals surface area contributed by atoms with Crippen LogP contribution in [0.25, 0.3) is 0 Å². The Labute approximate surface area is 168 Å². The lowest BCUT2D eigenvalue weighted by Crippen LogP contribution is -2.41. The monoisotopic (exact) mass is 403 g/mol. The molecule has 2 heterocycles. The summed E-state index contributed by atoms with van der Waals surface area (Å²) in [6.07, 6.45) is 0.707. The highest BCUT2D eigenvalue weighted by Crippen LogP contribution is 2.16. The summed E-state index contributed by atoms with van der Waals surface area (Å²) in [7, 11) is 0. The third kappa shape index (κ3) is 5.11. The third-order valence-electron chi connectivity index (χ3n) is 5.02. The predicted molar refractivity (Wildman–Crippen MR) is 102 cm³/mol. The number of benzene rings is 1. The summed E-state index contributed by atoms with van der Waals surface area (Å²) in [5, 5.41) is 12.7. The van der Waals surface area contributed by atoms with E-state index in [-0.39, 0.29) is 31.3 Å². The Hall–Kier alpha value is -2.94. The number of urea groups is 1. The SMILES string of the molecule is CC(=O)c1cccc(OC[C@@H](O)CN2C(=O)N[C@@H](CC(=O)N3CCCC3)C2=O)c1. The van der Waals surface area contributed by atoms with Gasteiger partial charge in [-0.15, -0.1) is 0 Å². The van der Waals surface area contributed by atoms with Crippen molar-refractivity contribution in [3.63, 3.8) is 0 Å². The number of hydrogen-bond acceptors (Lipinski definition) is 6. The van der Waals surface area contributed by atoms with E-state index < -0.39 is 24.1 Å². The van der Waals surface area contributed by atoms with E-state index in [4.69, 9.17) is 4.74 Å². The number of ketones is 1. The van der Waals surface area contributed by atoms with Gasteiger partial charge in [-0.1, -0.05) is 12.1 Å². The van der Waals surface area contributed by atoms with Crippen molar-refractivity contribution in [3.05, 3.63) is 29.8 Å². The molecule has 1 aromatic rings. The van der Waals surface area contributed by atoms with Crippen molar-refractivity contribution in [3.8, 4) is 5.75 Å². The summed E-state index contributed by atoms with van der Waals surface area (Å²) in [5.41, 5.74) is 0.483. The number of amides is 4. The molecule has 0 bridgehead atoms. The highest BCUT2D eigenvalue weighted by atomic mass is 16.5. The molecule has 3 rings (SSSR count). The zero-order chi connectivity index (χ0) is 21.0. The van der Waals surface area contributed by atoms with Crippen LogP contribution in [0.5, 0.6) is 5.75 Å². The van der Waals surface area contributed by atoms with Crippen LogP contribution in [0.3, 0.4) is 0 Å². The Morgan fingerprint density at radius 1 is 1.28 bits per heavy atom. The number of likely N-dealkylation sites (tertiary alicyclic amines) is 1. The molecule has 2 saturated heterocycles. The molecule has 0 aliphatic carbocycles. The summed E-state index contributed by atoms with van der Waals surface area (Å²) < 4.78 is 5.47. The van der Waals surface area contributed by atoms with Crippen molar-refractivity contribution in [2.24, 2.45) is 0 Å². The molecule has 0 aromatic heterocycles. The van der Waals surface area contributed by atoms with Crippen LogP contribution < -0.4 is 10.1 Å². The van der Waals surface area contributed by atoms with Crippen LogP contribution in [0.1, 0.15) is 36.5 Å². The highest BCUT2D eigenvalue weighted by Gasteiger charge is 2.40. The molecule has 0 unspecified atom stereocenters. The average molecular weight is 403 g/mol. The van der Waals surface area contributed by atoms with Gasteiger partial charge in [-0.3, -0.25) is 19.3 Å². The van der Waals surface area contributed by atoms with Crippen molar-refractivity contribution in [1.82, 2.24) is 15.1 Å². The second kappa shape index (κ2) is 9.04. The van der Waals surface area contributed by atoms with E-state index in [0.717, 1.165) is 17.7 Å². The molecule has 2 N–H and O–H groups in total. The Balaban J connectivity index is 1.50. The molecule has 4 amide bonds. The average Bonchev–Trinajstić information content (AvgIpc) is 3.32. The van der Waals surface area contributed by atoms with Gasteiger partial charge in [-0.05, 0) is 31.9 Å². The van der Waals surface area contributed by atoms with Gasteiger partial charge >= 0.3 is 6.03 Å². The van der Waals surface area contributed by atoms with Gasteiger partial charge in [0.05, 0.1) is 13.0 Å². The maximum Gasteiger partial charge on any atom is 0.324 e. The summed E-state index contributed by atoms with van der Waals surface area (Å²) in [6.45, 7) is 2.40. The molecule has 2 aliphatic heterocycles. The zero-order valence-corrected chi connectivity index (χ0v) is 16.3. The van der Waals surface area contributed by atoms with Crippen LogP contribution in [0.2, 0.25) is 0 Å². The summed E-state index contributed by atoms with van der Waals surface area (Å²) in [5.74, 6) is -0.384. The fourth-order valence-corrected chi connectivity index (χ4v) is 3.42. The zero-order valence-electron chi connectivity index (χ0n) is 16.3. The fourth-order valence-electron chi connectivity index (χ4n) is 3.42. The van der Waals surface area contributed by atoms with E-state index >= 15 is 0 Å². The van der Waals surface area contributed by atoms with E-state index in [1.807, 2.05) is 0 Å². The Morgan fingerprint density at radius 3 is 2.69 bits per heavy atom. The number of nitrogens with one attached hydrogen (secondary N) is 1. The number of β-amino-alcohol motifs (C(OH)–C–C–N with tert-alkyl or cyclic N) is 1. The molecular formula is C20H25N3O6. The molecular weight excluding hydrogens is 378 g/mol. The standard InChI is InChI=1S/C20H25N3O6/c1-13(24)14-5-4-6-16(9-14)29-12-15(25)11-23-19(27)17(21-20(23)28)10-18(26)22-7-2-3-8-22/h4-6,9,15,17,25H,2-3,7-8,10-12H2,1H3,(H,21,28)/t15-,17-/m0/s1. The molecule has 2 fully saturated rings. The fraction of sp³-hybridized carbons (Fsp3) is 0.500. The number of hydrogen-bond donors (Lipinski definition) is 2. The molecule has 0 spiro atoms. The van der Waals surface area contributed by atoms with E-state index in [1.165, 1.54) is 6.92 Å². The summed E-state index contributed by atoms with van der Waals surface area (Å²) in [4.78, 5) is 50.8. The van der Waals surface area contributed by atoms with E-state index in [2.05, 4.69) is 5.32 Å². The molecule has 9 nitrogen and oxygen atoms in total. The second-order valence-corrected chi connectivity index (χ2v) is 7.29. The number of aliphatic hydroxyl groups is 1. The van der Waals surface area contributed by atoms with E-state index in [9.17, 15) is 24.3 Å². The first-order chi connectivity index (χ1) is 13.8. The lowest BCUT2D eigenvalue weighted by Gasteiger charge is -2.19. The van der Waals surface area contributed by atoms with Crippen LogP contribution in [0.15, 0.2) is 24.3 Å². The first kappa shape index (κ1) is 20.8. The number of rotatable bonds is 8. The molecule has 2 atom stereocenters. The summed E-state index contributed by atoms with van der Waals surface area (Å²) in [6, 6.07) is 4.98. The number of carbonyl (C=O) groups excluding carboxylic acids is 4. The van der Waals surface area contributed by atoms with Crippen LogP contribution in [-0.4, -0.2) is 76.9 Å². The van der Waals surface area contributed by atoms with Gasteiger partial charge in [0, 0.05) is 18.7 Å². The molecule has 9 heteroatoms. The predicted octanol–water partition coefficient (Wildman–Crippen LogP) is 0.562. The van der Waals surface area contributed by atoms with Gasteiger partial charge in [0.1, 0.15) is 24.5 Å². The molecule has 29 heavy (non-hydrogen) atoms. The Kier molecular flexibility index (Phi) is 6.48.